The standard InChI is InChI=1S/C15H24O2/c1-6-16-14-7-13(12(4)5)8-15(9-14)17-10-11(2)3/h7-9,11-12H,6,10H2,1-5H3. The van der Waals surface area contributed by atoms with Crippen molar-refractivity contribution in [1.29, 1.82) is 0 Å². The van der Waals surface area contributed by atoms with E-state index in [0.29, 0.717) is 18.4 Å². The minimum Gasteiger partial charge on any atom is -0.494 e. The lowest BCUT2D eigenvalue weighted by molar-refractivity contribution is 0.268. The van der Waals surface area contributed by atoms with E-state index < -0.39 is 0 Å². The number of rotatable bonds is 6. The number of benzene rings is 1. The molecule has 1 rings (SSSR count). The maximum absolute atomic E-state index is 5.77. The molecule has 0 saturated heterocycles. The van der Waals surface area contributed by atoms with Gasteiger partial charge in [-0.3, -0.25) is 0 Å². The minimum atomic E-state index is 0.483. The second kappa shape index (κ2) is 6.53. The molecule has 96 valence electrons. The van der Waals surface area contributed by atoms with Crippen molar-refractivity contribution in [3.63, 3.8) is 0 Å². The van der Waals surface area contributed by atoms with Crippen LogP contribution in [0.1, 0.15) is 46.1 Å². The second-order valence-corrected chi connectivity index (χ2v) is 5.03. The summed E-state index contributed by atoms with van der Waals surface area (Å²) in [5.74, 6) is 2.83. The van der Waals surface area contributed by atoms with Crippen LogP contribution in [0.25, 0.3) is 0 Å². The van der Waals surface area contributed by atoms with Gasteiger partial charge in [-0.05, 0) is 36.5 Å². The first-order chi connectivity index (χ1) is 8.02. The largest absolute Gasteiger partial charge is 0.494 e. The smallest absolute Gasteiger partial charge is 0.123 e. The lowest BCUT2D eigenvalue weighted by Crippen LogP contribution is -2.05. The fraction of sp³-hybridized carbons (Fsp3) is 0.600. The molecule has 1 aromatic rings. The highest BCUT2D eigenvalue weighted by Gasteiger charge is 2.06. The van der Waals surface area contributed by atoms with Crippen LogP contribution in [-0.2, 0) is 0 Å². The molecule has 0 aromatic heterocycles. The zero-order chi connectivity index (χ0) is 12.8. The van der Waals surface area contributed by atoms with Crippen molar-refractivity contribution in [3.05, 3.63) is 23.8 Å². The van der Waals surface area contributed by atoms with Gasteiger partial charge in [-0.15, -0.1) is 0 Å². The van der Waals surface area contributed by atoms with Gasteiger partial charge in [0.05, 0.1) is 13.2 Å². The van der Waals surface area contributed by atoms with Crippen LogP contribution in [-0.4, -0.2) is 13.2 Å². The zero-order valence-electron chi connectivity index (χ0n) is 11.6. The number of hydrogen-bond acceptors (Lipinski definition) is 2. The van der Waals surface area contributed by atoms with Crippen LogP contribution in [0.2, 0.25) is 0 Å². The maximum Gasteiger partial charge on any atom is 0.123 e. The number of ether oxygens (including phenoxy) is 2. The van der Waals surface area contributed by atoms with E-state index in [2.05, 4.69) is 39.8 Å². The summed E-state index contributed by atoms with van der Waals surface area (Å²) >= 11 is 0. The molecular formula is C15H24O2. The predicted molar refractivity (Wildman–Crippen MR) is 72.0 cm³/mol. The Hall–Kier alpha value is -1.18. The first-order valence-electron chi connectivity index (χ1n) is 6.43. The van der Waals surface area contributed by atoms with Crippen molar-refractivity contribution in [2.75, 3.05) is 13.2 Å². The molecule has 0 fully saturated rings. The molecule has 17 heavy (non-hydrogen) atoms. The van der Waals surface area contributed by atoms with E-state index in [4.69, 9.17) is 9.47 Å². The van der Waals surface area contributed by atoms with Crippen LogP contribution in [0.15, 0.2) is 18.2 Å². The summed E-state index contributed by atoms with van der Waals surface area (Å²) in [5, 5.41) is 0. The van der Waals surface area contributed by atoms with Crippen LogP contribution in [0, 0.1) is 5.92 Å². The monoisotopic (exact) mass is 236 g/mol. The fourth-order valence-corrected chi connectivity index (χ4v) is 1.52. The first kappa shape index (κ1) is 13.9. The van der Waals surface area contributed by atoms with Gasteiger partial charge in [0, 0.05) is 6.07 Å². The lowest BCUT2D eigenvalue weighted by Gasteiger charge is -2.14. The summed E-state index contributed by atoms with van der Waals surface area (Å²) in [7, 11) is 0. The Morgan fingerprint density at radius 2 is 1.53 bits per heavy atom. The van der Waals surface area contributed by atoms with Gasteiger partial charge in [-0.25, -0.2) is 0 Å². The molecule has 0 aliphatic rings. The fourth-order valence-electron chi connectivity index (χ4n) is 1.52. The van der Waals surface area contributed by atoms with E-state index in [-0.39, 0.29) is 0 Å². The third-order valence-electron chi connectivity index (χ3n) is 2.46. The molecular weight excluding hydrogens is 212 g/mol. The molecule has 0 radical (unpaired) electrons. The summed E-state index contributed by atoms with van der Waals surface area (Å²) in [4.78, 5) is 0. The SMILES string of the molecule is CCOc1cc(OCC(C)C)cc(C(C)C)c1. The molecule has 0 unspecified atom stereocenters. The maximum atomic E-state index is 5.77. The number of hydrogen-bond donors (Lipinski definition) is 0. The first-order valence-corrected chi connectivity index (χ1v) is 6.43. The van der Waals surface area contributed by atoms with E-state index in [9.17, 15) is 0 Å². The van der Waals surface area contributed by atoms with Crippen LogP contribution in [0.4, 0.5) is 0 Å². The zero-order valence-corrected chi connectivity index (χ0v) is 11.6. The molecule has 0 atom stereocenters. The van der Waals surface area contributed by atoms with Crippen molar-refractivity contribution in [3.8, 4) is 11.5 Å². The highest BCUT2D eigenvalue weighted by atomic mass is 16.5. The van der Waals surface area contributed by atoms with E-state index in [1.54, 1.807) is 0 Å². The highest BCUT2D eigenvalue weighted by Crippen LogP contribution is 2.27. The third-order valence-corrected chi connectivity index (χ3v) is 2.46. The average Bonchev–Trinajstić information content (AvgIpc) is 2.26. The Labute approximate surface area is 105 Å². The molecule has 1 aromatic carbocycles. The molecule has 0 N–H and O–H groups in total. The third kappa shape index (κ3) is 4.68. The molecule has 2 nitrogen and oxygen atoms in total. The molecule has 0 bridgehead atoms. The quantitative estimate of drug-likeness (QED) is 0.735. The van der Waals surface area contributed by atoms with Crippen molar-refractivity contribution >= 4 is 0 Å². The summed E-state index contributed by atoms with van der Waals surface area (Å²) in [5.41, 5.74) is 1.26. The van der Waals surface area contributed by atoms with Gasteiger partial charge in [0.15, 0.2) is 0 Å². The summed E-state index contributed by atoms with van der Waals surface area (Å²) in [6.45, 7) is 12.1. The van der Waals surface area contributed by atoms with Gasteiger partial charge >= 0.3 is 0 Å². The average molecular weight is 236 g/mol. The predicted octanol–water partition coefficient (Wildman–Crippen LogP) is 4.24. The van der Waals surface area contributed by atoms with Gasteiger partial charge in [-0.2, -0.15) is 0 Å². The Morgan fingerprint density at radius 1 is 0.941 bits per heavy atom. The summed E-state index contributed by atoms with van der Waals surface area (Å²) < 4.78 is 11.3. The molecule has 0 aliphatic carbocycles. The van der Waals surface area contributed by atoms with E-state index >= 15 is 0 Å². The molecule has 0 saturated carbocycles. The van der Waals surface area contributed by atoms with Crippen molar-refractivity contribution in [2.24, 2.45) is 5.92 Å². The van der Waals surface area contributed by atoms with E-state index in [0.717, 1.165) is 18.1 Å². The Balaban J connectivity index is 2.87. The molecule has 0 amide bonds. The van der Waals surface area contributed by atoms with Gasteiger partial charge < -0.3 is 9.47 Å². The van der Waals surface area contributed by atoms with E-state index in [1.165, 1.54) is 5.56 Å². The topological polar surface area (TPSA) is 18.5 Å². The van der Waals surface area contributed by atoms with Crippen molar-refractivity contribution in [2.45, 2.75) is 40.5 Å². The van der Waals surface area contributed by atoms with Gasteiger partial charge in [-0.1, -0.05) is 27.7 Å². The van der Waals surface area contributed by atoms with Crippen LogP contribution in [0.3, 0.4) is 0 Å². The van der Waals surface area contributed by atoms with Crippen LogP contribution in [0.5, 0.6) is 11.5 Å². The minimum absolute atomic E-state index is 0.483. The second-order valence-electron chi connectivity index (χ2n) is 5.03. The Morgan fingerprint density at radius 3 is 2.00 bits per heavy atom. The summed E-state index contributed by atoms with van der Waals surface area (Å²) in [6, 6.07) is 6.17. The van der Waals surface area contributed by atoms with E-state index in [1.807, 2.05) is 13.0 Å². The lowest BCUT2D eigenvalue weighted by atomic mass is 10.0. The van der Waals surface area contributed by atoms with Crippen molar-refractivity contribution < 1.29 is 9.47 Å². The van der Waals surface area contributed by atoms with Crippen molar-refractivity contribution in [1.82, 2.24) is 0 Å². The molecule has 2 heteroatoms. The Kier molecular flexibility index (Phi) is 5.33. The summed E-state index contributed by atoms with van der Waals surface area (Å²) in [6.07, 6.45) is 0. The molecule has 0 spiro atoms. The Bertz CT molecular complexity index is 343. The van der Waals surface area contributed by atoms with Crippen LogP contribution < -0.4 is 9.47 Å². The highest BCUT2D eigenvalue weighted by molar-refractivity contribution is 5.39. The molecule has 0 heterocycles. The van der Waals surface area contributed by atoms with Crippen LogP contribution >= 0.6 is 0 Å². The molecule has 0 aliphatic heterocycles. The van der Waals surface area contributed by atoms with Gasteiger partial charge in [0.2, 0.25) is 0 Å². The normalized spacial score (nSPS) is 11.0. The van der Waals surface area contributed by atoms with Gasteiger partial charge in [0.25, 0.3) is 0 Å². The van der Waals surface area contributed by atoms with Gasteiger partial charge in [0.1, 0.15) is 11.5 Å².